The molecule has 0 bridgehead atoms. The maximum atomic E-state index is 4.83. The van der Waals surface area contributed by atoms with Gasteiger partial charge in [0.1, 0.15) is 0 Å². The van der Waals surface area contributed by atoms with E-state index in [0.717, 1.165) is 38.1 Å². The Kier molecular flexibility index (Phi) is 6.74. The Bertz CT molecular complexity index is 565. The highest BCUT2D eigenvalue weighted by molar-refractivity contribution is 5.79. The molecule has 1 aromatic rings. The largest absolute Gasteiger partial charge is 0.357 e. The number of hydrogen-bond donors (Lipinski definition) is 2. The predicted molar refractivity (Wildman–Crippen MR) is 106 cm³/mol. The van der Waals surface area contributed by atoms with Gasteiger partial charge in [-0.15, -0.1) is 0 Å². The minimum Gasteiger partial charge on any atom is -0.357 e. The summed E-state index contributed by atoms with van der Waals surface area (Å²) >= 11 is 0. The fourth-order valence-electron chi connectivity index (χ4n) is 3.55. The van der Waals surface area contributed by atoms with Crippen LogP contribution in [0.3, 0.4) is 0 Å². The van der Waals surface area contributed by atoms with Crippen LogP contribution < -0.4 is 10.6 Å². The molecule has 138 valence electrons. The number of nitrogens with zero attached hydrogens (tertiary/aromatic N) is 2. The molecule has 2 aliphatic rings. The summed E-state index contributed by atoms with van der Waals surface area (Å²) in [6.45, 7) is 9.48. The average molecular weight is 343 g/mol. The molecule has 2 fully saturated rings. The zero-order valence-corrected chi connectivity index (χ0v) is 15.9. The molecule has 4 nitrogen and oxygen atoms in total. The van der Waals surface area contributed by atoms with Gasteiger partial charge in [-0.2, -0.15) is 0 Å². The van der Waals surface area contributed by atoms with E-state index < -0.39 is 0 Å². The molecule has 1 aliphatic carbocycles. The highest BCUT2D eigenvalue weighted by Gasteiger charge is 2.21. The molecule has 1 atom stereocenters. The van der Waals surface area contributed by atoms with Crippen molar-refractivity contribution in [3.05, 3.63) is 35.4 Å². The van der Waals surface area contributed by atoms with E-state index in [1.807, 2.05) is 0 Å². The van der Waals surface area contributed by atoms with E-state index in [2.05, 4.69) is 53.6 Å². The molecule has 1 saturated heterocycles. The Morgan fingerprint density at radius 3 is 2.64 bits per heavy atom. The fourth-order valence-corrected chi connectivity index (χ4v) is 3.55. The van der Waals surface area contributed by atoms with Crippen LogP contribution in [0.25, 0.3) is 0 Å². The molecule has 2 N–H and O–H groups in total. The molecule has 1 aliphatic heterocycles. The fraction of sp³-hybridized carbons (Fsp3) is 0.667. The van der Waals surface area contributed by atoms with E-state index in [-0.39, 0.29) is 0 Å². The molecule has 0 aromatic heterocycles. The summed E-state index contributed by atoms with van der Waals surface area (Å²) in [6, 6.07) is 9.50. The van der Waals surface area contributed by atoms with Crippen LogP contribution in [-0.4, -0.2) is 36.5 Å². The second kappa shape index (κ2) is 9.23. The minimum atomic E-state index is 0.697. The van der Waals surface area contributed by atoms with Crippen LogP contribution in [0.1, 0.15) is 57.1 Å². The lowest BCUT2D eigenvalue weighted by Gasteiger charge is -2.33. The van der Waals surface area contributed by atoms with Crippen LogP contribution in [0.5, 0.6) is 0 Å². The topological polar surface area (TPSA) is 39.7 Å². The zero-order chi connectivity index (χ0) is 17.5. The summed E-state index contributed by atoms with van der Waals surface area (Å²) in [5.41, 5.74) is 2.78. The average Bonchev–Trinajstić information content (AvgIpc) is 3.45. The first-order chi connectivity index (χ1) is 12.3. The van der Waals surface area contributed by atoms with Crippen molar-refractivity contribution in [3.63, 3.8) is 0 Å². The molecule has 1 aromatic carbocycles. The number of aliphatic imine (C=N–C) groups is 1. The second-order valence-corrected chi connectivity index (χ2v) is 7.60. The predicted octanol–water partition coefficient (Wildman–Crippen LogP) is 3.53. The Morgan fingerprint density at radius 1 is 1.12 bits per heavy atom. The molecule has 0 amide bonds. The number of hydrogen-bond acceptors (Lipinski definition) is 2. The van der Waals surface area contributed by atoms with Gasteiger partial charge >= 0.3 is 0 Å². The van der Waals surface area contributed by atoms with Crippen LogP contribution in [0, 0.1) is 5.92 Å². The van der Waals surface area contributed by atoms with Crippen molar-refractivity contribution < 1.29 is 0 Å². The van der Waals surface area contributed by atoms with Gasteiger partial charge < -0.3 is 10.6 Å². The zero-order valence-electron chi connectivity index (χ0n) is 15.9. The van der Waals surface area contributed by atoms with Gasteiger partial charge in [-0.1, -0.05) is 30.7 Å². The van der Waals surface area contributed by atoms with Gasteiger partial charge in [0.25, 0.3) is 0 Å². The Labute approximate surface area is 153 Å². The molecule has 1 unspecified atom stereocenters. The first-order valence-electron chi connectivity index (χ1n) is 10.1. The van der Waals surface area contributed by atoms with E-state index >= 15 is 0 Å². The Morgan fingerprint density at radius 2 is 1.92 bits per heavy atom. The summed E-state index contributed by atoms with van der Waals surface area (Å²) in [5.74, 6) is 1.81. The Balaban J connectivity index is 1.63. The number of nitrogens with one attached hydrogen (secondary N) is 2. The van der Waals surface area contributed by atoms with E-state index in [1.165, 1.54) is 49.8 Å². The molecule has 0 radical (unpaired) electrons. The molecule has 4 heteroatoms. The number of guanidine groups is 1. The maximum absolute atomic E-state index is 4.83. The van der Waals surface area contributed by atoms with Gasteiger partial charge in [0.15, 0.2) is 5.96 Å². The van der Waals surface area contributed by atoms with Crippen molar-refractivity contribution in [3.8, 4) is 0 Å². The first kappa shape index (κ1) is 18.2. The monoisotopic (exact) mass is 342 g/mol. The van der Waals surface area contributed by atoms with E-state index in [0.29, 0.717) is 6.04 Å². The number of likely N-dealkylation sites (tertiary alicyclic amines) is 1. The maximum Gasteiger partial charge on any atom is 0.191 e. The van der Waals surface area contributed by atoms with Crippen LogP contribution in [0.15, 0.2) is 29.3 Å². The smallest absolute Gasteiger partial charge is 0.191 e. The van der Waals surface area contributed by atoms with Gasteiger partial charge in [0.05, 0.1) is 6.54 Å². The summed E-state index contributed by atoms with van der Waals surface area (Å²) in [4.78, 5) is 7.46. The lowest BCUT2D eigenvalue weighted by atomic mass is 10.0. The lowest BCUT2D eigenvalue weighted by molar-refractivity contribution is 0.152. The second-order valence-electron chi connectivity index (χ2n) is 7.60. The third kappa shape index (κ3) is 5.74. The van der Waals surface area contributed by atoms with Gasteiger partial charge in [-0.05, 0) is 63.1 Å². The summed E-state index contributed by atoms with van der Waals surface area (Å²) in [7, 11) is 0. The van der Waals surface area contributed by atoms with Gasteiger partial charge in [-0.3, -0.25) is 4.90 Å². The molecular formula is C21H34N4. The molecule has 0 spiro atoms. The van der Waals surface area contributed by atoms with Crippen LogP contribution >= 0.6 is 0 Å². The molecule has 25 heavy (non-hydrogen) atoms. The van der Waals surface area contributed by atoms with Crippen molar-refractivity contribution in [2.24, 2.45) is 10.9 Å². The minimum absolute atomic E-state index is 0.697. The third-order valence-corrected chi connectivity index (χ3v) is 5.44. The summed E-state index contributed by atoms with van der Waals surface area (Å²) in [6.07, 6.45) is 6.77. The van der Waals surface area contributed by atoms with Crippen LogP contribution in [0.2, 0.25) is 0 Å². The quantitative estimate of drug-likeness (QED) is 0.588. The van der Waals surface area contributed by atoms with Crippen molar-refractivity contribution in [2.45, 2.75) is 65.1 Å². The highest BCUT2D eigenvalue weighted by Crippen LogP contribution is 2.27. The van der Waals surface area contributed by atoms with Crippen molar-refractivity contribution in [1.82, 2.24) is 15.5 Å². The summed E-state index contributed by atoms with van der Waals surface area (Å²) < 4.78 is 0. The standard InChI is InChI=1S/C21H34N4/c1-3-22-21(23-14-18-11-12-18)24-15-19-9-4-5-10-20(19)16-25-13-7-6-8-17(25)2/h4-5,9-10,17-18H,3,6-8,11-16H2,1-2H3,(H2,22,23,24). The van der Waals surface area contributed by atoms with Crippen molar-refractivity contribution in [2.75, 3.05) is 19.6 Å². The van der Waals surface area contributed by atoms with Crippen LogP contribution in [-0.2, 0) is 13.1 Å². The molecular weight excluding hydrogens is 308 g/mol. The normalized spacial score (nSPS) is 22.0. The first-order valence-corrected chi connectivity index (χ1v) is 10.1. The molecule has 3 rings (SSSR count). The van der Waals surface area contributed by atoms with Crippen molar-refractivity contribution >= 4 is 5.96 Å². The number of piperidine rings is 1. The number of rotatable bonds is 7. The van der Waals surface area contributed by atoms with Crippen LogP contribution in [0.4, 0.5) is 0 Å². The lowest BCUT2D eigenvalue weighted by Crippen LogP contribution is -2.38. The third-order valence-electron chi connectivity index (χ3n) is 5.44. The van der Waals surface area contributed by atoms with E-state index in [1.54, 1.807) is 0 Å². The van der Waals surface area contributed by atoms with E-state index in [4.69, 9.17) is 4.99 Å². The van der Waals surface area contributed by atoms with Gasteiger partial charge in [0, 0.05) is 25.7 Å². The van der Waals surface area contributed by atoms with Gasteiger partial charge in [-0.25, -0.2) is 4.99 Å². The van der Waals surface area contributed by atoms with Crippen molar-refractivity contribution in [1.29, 1.82) is 0 Å². The highest BCUT2D eigenvalue weighted by atomic mass is 15.2. The number of benzene rings is 1. The molecule has 1 heterocycles. The SMILES string of the molecule is CCNC(=NCc1ccccc1CN1CCCCC1C)NCC1CC1. The van der Waals surface area contributed by atoms with Gasteiger partial charge in [0.2, 0.25) is 0 Å². The van der Waals surface area contributed by atoms with E-state index in [9.17, 15) is 0 Å². The molecule has 1 saturated carbocycles. The summed E-state index contributed by atoms with van der Waals surface area (Å²) in [5, 5.41) is 6.86. The Hall–Kier alpha value is -1.55.